The van der Waals surface area contributed by atoms with E-state index in [1.54, 1.807) is 24.9 Å². The van der Waals surface area contributed by atoms with Gasteiger partial charge < -0.3 is 4.74 Å². The zero-order valence-electron chi connectivity index (χ0n) is 13.7. The summed E-state index contributed by atoms with van der Waals surface area (Å²) in [7, 11) is 1.63. The van der Waals surface area contributed by atoms with Crippen LogP contribution in [0.1, 0.15) is 40.5 Å². The number of amides is 2. The number of carbonyl (C=O) groups is 2. The number of unbranched alkanes of at least 4 members (excludes halogenated alkanes) is 1. The highest BCUT2D eigenvalue weighted by molar-refractivity contribution is 7.99. The first-order chi connectivity index (χ1) is 11.6. The lowest BCUT2D eigenvalue weighted by molar-refractivity contribution is 0.0652. The van der Waals surface area contributed by atoms with Crippen LogP contribution in [0.2, 0.25) is 0 Å². The fourth-order valence-corrected chi connectivity index (χ4v) is 3.49. The summed E-state index contributed by atoms with van der Waals surface area (Å²) in [5.74, 6) is 0.450. The number of methoxy groups -OCH3 is 1. The minimum Gasteiger partial charge on any atom is -0.497 e. The second-order valence-corrected chi connectivity index (χ2v) is 6.75. The number of nitrogens with zero attached hydrogens (tertiary/aromatic N) is 1. The molecule has 0 unspecified atom stereocenters. The lowest BCUT2D eigenvalue weighted by Gasteiger charge is -2.12. The zero-order valence-corrected chi connectivity index (χ0v) is 14.6. The number of benzene rings is 2. The summed E-state index contributed by atoms with van der Waals surface area (Å²) in [5.41, 5.74) is 1.02. The van der Waals surface area contributed by atoms with Gasteiger partial charge in [0.1, 0.15) is 5.75 Å². The van der Waals surface area contributed by atoms with Crippen molar-refractivity contribution in [3.8, 4) is 5.75 Å². The number of hydrogen-bond donors (Lipinski definition) is 0. The van der Waals surface area contributed by atoms with E-state index in [2.05, 4.69) is 0 Å². The van der Waals surface area contributed by atoms with Gasteiger partial charge in [0.25, 0.3) is 11.8 Å². The topological polar surface area (TPSA) is 46.6 Å². The largest absolute Gasteiger partial charge is 0.497 e. The Kier molecular flexibility index (Phi) is 4.90. The molecule has 0 aromatic heterocycles. The van der Waals surface area contributed by atoms with E-state index in [4.69, 9.17) is 4.74 Å². The van der Waals surface area contributed by atoms with Crippen LogP contribution in [0.3, 0.4) is 0 Å². The van der Waals surface area contributed by atoms with Gasteiger partial charge in [0.05, 0.1) is 18.2 Å². The fourth-order valence-electron chi connectivity index (χ4n) is 2.63. The highest BCUT2D eigenvalue weighted by Crippen LogP contribution is 2.33. The molecule has 5 heteroatoms. The van der Waals surface area contributed by atoms with Crippen LogP contribution in [-0.2, 0) is 0 Å². The molecule has 0 spiro atoms. The summed E-state index contributed by atoms with van der Waals surface area (Å²) >= 11 is 1.56. The molecule has 2 aromatic carbocycles. The van der Waals surface area contributed by atoms with Crippen LogP contribution in [0.4, 0.5) is 0 Å². The molecule has 0 aliphatic carbocycles. The van der Waals surface area contributed by atoms with E-state index in [-0.39, 0.29) is 11.8 Å². The van der Waals surface area contributed by atoms with E-state index in [0.29, 0.717) is 17.7 Å². The van der Waals surface area contributed by atoms with Crippen molar-refractivity contribution in [1.29, 1.82) is 0 Å². The summed E-state index contributed by atoms with van der Waals surface area (Å²) in [6.07, 6.45) is 1.78. The molecule has 1 aliphatic heterocycles. The lowest BCUT2D eigenvalue weighted by atomic mass is 10.1. The summed E-state index contributed by atoms with van der Waals surface area (Å²) < 4.78 is 5.15. The molecule has 3 rings (SSSR count). The molecule has 24 heavy (non-hydrogen) atoms. The third-order valence-electron chi connectivity index (χ3n) is 3.97. The van der Waals surface area contributed by atoms with Gasteiger partial charge in [0.15, 0.2) is 0 Å². The summed E-state index contributed by atoms with van der Waals surface area (Å²) in [6, 6.07) is 13.2. The van der Waals surface area contributed by atoms with Gasteiger partial charge in [-0.15, -0.1) is 0 Å². The van der Waals surface area contributed by atoms with Crippen molar-refractivity contribution in [3.05, 3.63) is 53.6 Å². The monoisotopic (exact) mass is 341 g/mol. The average Bonchev–Trinajstić information content (AvgIpc) is 2.84. The van der Waals surface area contributed by atoms with Crippen LogP contribution in [0.5, 0.6) is 5.75 Å². The van der Waals surface area contributed by atoms with Gasteiger partial charge >= 0.3 is 0 Å². The minimum atomic E-state index is -0.180. The molecule has 0 saturated carbocycles. The van der Waals surface area contributed by atoms with Crippen molar-refractivity contribution in [3.63, 3.8) is 0 Å². The minimum absolute atomic E-state index is 0.176. The number of imide groups is 1. The first-order valence-electron chi connectivity index (χ1n) is 7.96. The maximum Gasteiger partial charge on any atom is 0.261 e. The standard InChI is InChI=1S/C19H19NO3S/c1-3-4-11-20-18(21)16-10-9-15(12-17(16)19(20)22)24-14-7-5-13(23-2)6-8-14/h5-10,12H,3-4,11H2,1-2H3. The molecule has 0 N–H and O–H groups in total. The SMILES string of the molecule is CCCCN1C(=O)c2ccc(Sc3ccc(OC)cc3)cc2C1=O. The Morgan fingerprint density at radius 2 is 1.62 bits per heavy atom. The first-order valence-corrected chi connectivity index (χ1v) is 8.78. The Morgan fingerprint density at radius 3 is 2.29 bits per heavy atom. The van der Waals surface area contributed by atoms with E-state index in [1.807, 2.05) is 43.3 Å². The van der Waals surface area contributed by atoms with Crippen molar-refractivity contribution in [2.45, 2.75) is 29.6 Å². The van der Waals surface area contributed by atoms with Crippen LogP contribution in [0.15, 0.2) is 52.3 Å². The number of carbonyl (C=O) groups excluding carboxylic acids is 2. The molecule has 2 amide bonds. The van der Waals surface area contributed by atoms with E-state index >= 15 is 0 Å². The summed E-state index contributed by atoms with van der Waals surface area (Å²) in [4.78, 5) is 28.2. The third kappa shape index (κ3) is 3.17. The van der Waals surface area contributed by atoms with Crippen molar-refractivity contribution in [2.24, 2.45) is 0 Å². The van der Waals surface area contributed by atoms with Crippen LogP contribution in [0.25, 0.3) is 0 Å². The average molecular weight is 341 g/mol. The summed E-state index contributed by atoms with van der Waals surface area (Å²) in [5, 5.41) is 0. The van der Waals surface area contributed by atoms with Crippen molar-refractivity contribution < 1.29 is 14.3 Å². The quantitative estimate of drug-likeness (QED) is 0.737. The van der Waals surface area contributed by atoms with Gasteiger partial charge in [-0.1, -0.05) is 25.1 Å². The number of rotatable bonds is 6. The molecular formula is C19H19NO3S. The Balaban J connectivity index is 1.81. The number of fused-ring (bicyclic) bond motifs is 1. The Hall–Kier alpha value is -2.27. The first kappa shape index (κ1) is 16.6. The maximum atomic E-state index is 12.5. The van der Waals surface area contributed by atoms with E-state index in [1.165, 1.54) is 4.90 Å². The number of ether oxygens (including phenoxy) is 1. The Labute approximate surface area is 145 Å². The van der Waals surface area contributed by atoms with E-state index < -0.39 is 0 Å². The van der Waals surface area contributed by atoms with Gasteiger partial charge in [0, 0.05) is 16.3 Å². The molecule has 0 saturated heterocycles. The van der Waals surface area contributed by atoms with Crippen LogP contribution in [-0.4, -0.2) is 30.4 Å². The van der Waals surface area contributed by atoms with Crippen molar-refractivity contribution in [2.75, 3.05) is 13.7 Å². The van der Waals surface area contributed by atoms with Crippen LogP contribution in [0, 0.1) is 0 Å². The van der Waals surface area contributed by atoms with E-state index in [9.17, 15) is 9.59 Å². The highest BCUT2D eigenvalue weighted by atomic mass is 32.2. The molecule has 0 radical (unpaired) electrons. The second-order valence-electron chi connectivity index (χ2n) is 5.60. The van der Waals surface area contributed by atoms with Gasteiger partial charge in [-0.25, -0.2) is 0 Å². The molecule has 4 nitrogen and oxygen atoms in total. The van der Waals surface area contributed by atoms with Gasteiger partial charge in [-0.3, -0.25) is 14.5 Å². The molecule has 1 aliphatic rings. The zero-order chi connectivity index (χ0) is 17.1. The van der Waals surface area contributed by atoms with Gasteiger partial charge in [0.2, 0.25) is 0 Å². The Bertz CT molecular complexity index is 771. The predicted octanol–water partition coefficient (Wildman–Crippen LogP) is 4.24. The van der Waals surface area contributed by atoms with Gasteiger partial charge in [-0.05, 0) is 48.9 Å². The lowest BCUT2D eigenvalue weighted by Crippen LogP contribution is -2.30. The van der Waals surface area contributed by atoms with Crippen LogP contribution >= 0.6 is 11.8 Å². The van der Waals surface area contributed by atoms with Crippen molar-refractivity contribution >= 4 is 23.6 Å². The fraction of sp³-hybridized carbons (Fsp3) is 0.263. The molecular weight excluding hydrogens is 322 g/mol. The molecule has 0 fully saturated rings. The molecule has 0 atom stereocenters. The summed E-state index contributed by atoms with van der Waals surface area (Å²) in [6.45, 7) is 2.53. The normalized spacial score (nSPS) is 13.3. The van der Waals surface area contributed by atoms with Crippen molar-refractivity contribution in [1.82, 2.24) is 4.90 Å². The second kappa shape index (κ2) is 7.09. The Morgan fingerprint density at radius 1 is 0.958 bits per heavy atom. The molecule has 2 aromatic rings. The molecule has 1 heterocycles. The predicted molar refractivity (Wildman–Crippen MR) is 93.8 cm³/mol. The third-order valence-corrected chi connectivity index (χ3v) is 4.97. The van der Waals surface area contributed by atoms with E-state index in [0.717, 1.165) is 28.4 Å². The number of hydrogen-bond acceptors (Lipinski definition) is 4. The smallest absolute Gasteiger partial charge is 0.261 e. The van der Waals surface area contributed by atoms with Crippen LogP contribution < -0.4 is 4.74 Å². The molecule has 0 bridgehead atoms. The molecule has 124 valence electrons. The highest BCUT2D eigenvalue weighted by Gasteiger charge is 2.35. The maximum absolute atomic E-state index is 12.5. The van der Waals surface area contributed by atoms with Gasteiger partial charge in [-0.2, -0.15) is 0 Å².